The highest BCUT2D eigenvalue weighted by Gasteiger charge is 2.23. The van der Waals surface area contributed by atoms with Crippen molar-refractivity contribution in [1.29, 1.82) is 0 Å². The van der Waals surface area contributed by atoms with E-state index in [0.717, 1.165) is 6.17 Å². The summed E-state index contributed by atoms with van der Waals surface area (Å²) >= 11 is 2.05. The summed E-state index contributed by atoms with van der Waals surface area (Å²) < 4.78 is 0. The van der Waals surface area contributed by atoms with Crippen molar-refractivity contribution in [3.8, 4) is 0 Å². The molecule has 0 saturated carbocycles. The van der Waals surface area contributed by atoms with Crippen molar-refractivity contribution in [2.75, 3.05) is 24.7 Å². The molecular weight excluding hydrogens is 144 g/mol. The molecule has 2 rings (SSSR count). The van der Waals surface area contributed by atoms with Crippen LogP contribution in [0.2, 0.25) is 0 Å². The summed E-state index contributed by atoms with van der Waals surface area (Å²) in [6, 6.07) is 0. The molecule has 1 atom stereocenters. The molecule has 2 aliphatic heterocycles. The number of rotatable bonds is 1. The third kappa shape index (κ3) is 1.31. The quantitative estimate of drug-likeness (QED) is 0.605. The van der Waals surface area contributed by atoms with E-state index < -0.39 is 0 Å². The van der Waals surface area contributed by atoms with E-state index in [4.69, 9.17) is 0 Å². The van der Waals surface area contributed by atoms with Gasteiger partial charge in [-0.25, -0.2) is 0 Å². The molecule has 1 N–H and O–H groups in total. The topological polar surface area (TPSA) is 15.3 Å². The van der Waals surface area contributed by atoms with Gasteiger partial charge in [-0.3, -0.25) is 4.90 Å². The monoisotopic (exact) mass is 158 g/mol. The highest BCUT2D eigenvalue weighted by Crippen LogP contribution is 2.19. The van der Waals surface area contributed by atoms with E-state index in [1.54, 1.807) is 0 Å². The van der Waals surface area contributed by atoms with Gasteiger partial charge in [0.1, 0.15) is 0 Å². The van der Waals surface area contributed by atoms with Crippen molar-refractivity contribution in [3.05, 3.63) is 0 Å². The third-order valence-corrected chi connectivity index (χ3v) is 3.24. The van der Waals surface area contributed by atoms with Crippen LogP contribution >= 0.6 is 11.8 Å². The van der Waals surface area contributed by atoms with Gasteiger partial charge in [-0.15, -0.1) is 11.8 Å². The van der Waals surface area contributed by atoms with Crippen LogP contribution in [-0.4, -0.2) is 35.8 Å². The van der Waals surface area contributed by atoms with Gasteiger partial charge < -0.3 is 5.32 Å². The maximum absolute atomic E-state index is 3.51. The lowest BCUT2D eigenvalue weighted by Gasteiger charge is -2.21. The average molecular weight is 158 g/mol. The normalized spacial score (nSPS) is 35.4. The van der Waals surface area contributed by atoms with E-state index in [1.807, 2.05) is 0 Å². The second-order valence-corrected chi connectivity index (χ2v) is 4.04. The minimum absolute atomic E-state index is 0.718. The van der Waals surface area contributed by atoms with Crippen LogP contribution in [0.3, 0.4) is 0 Å². The Kier molecular flexibility index (Phi) is 2.16. The van der Waals surface area contributed by atoms with Crippen LogP contribution in [0, 0.1) is 0 Å². The van der Waals surface area contributed by atoms with E-state index in [0.29, 0.717) is 0 Å². The maximum atomic E-state index is 3.51. The van der Waals surface area contributed by atoms with Crippen molar-refractivity contribution in [2.45, 2.75) is 19.0 Å². The number of hydrogen-bond acceptors (Lipinski definition) is 3. The molecule has 2 nitrogen and oxygen atoms in total. The van der Waals surface area contributed by atoms with Crippen molar-refractivity contribution in [1.82, 2.24) is 10.2 Å². The molecule has 10 heavy (non-hydrogen) atoms. The van der Waals surface area contributed by atoms with Crippen LogP contribution in [0.4, 0.5) is 0 Å². The van der Waals surface area contributed by atoms with Crippen LogP contribution in [0.25, 0.3) is 0 Å². The largest absolute Gasteiger partial charge is 0.302 e. The van der Waals surface area contributed by atoms with Gasteiger partial charge in [-0.1, -0.05) is 0 Å². The van der Waals surface area contributed by atoms with Crippen LogP contribution in [0.1, 0.15) is 12.8 Å². The average Bonchev–Trinajstić information content (AvgIpc) is 2.59. The minimum atomic E-state index is 0.718. The van der Waals surface area contributed by atoms with Crippen LogP contribution in [0.5, 0.6) is 0 Å². The number of thioether (sulfide) groups is 1. The summed E-state index contributed by atoms with van der Waals surface area (Å²) in [5.74, 6) is 2.58. The molecule has 3 heteroatoms. The Morgan fingerprint density at radius 1 is 1.50 bits per heavy atom. The first-order chi connectivity index (χ1) is 4.97. The van der Waals surface area contributed by atoms with Crippen molar-refractivity contribution >= 4 is 11.8 Å². The molecule has 0 bridgehead atoms. The summed E-state index contributed by atoms with van der Waals surface area (Å²) in [7, 11) is 0. The molecule has 0 spiro atoms. The van der Waals surface area contributed by atoms with Gasteiger partial charge in [0.2, 0.25) is 0 Å². The Bertz CT molecular complexity index is 92.2. The molecule has 0 amide bonds. The fraction of sp³-hybridized carbons (Fsp3) is 1.00. The Morgan fingerprint density at radius 3 is 3.10 bits per heavy atom. The van der Waals surface area contributed by atoms with Gasteiger partial charge in [-0.05, 0) is 19.4 Å². The summed E-state index contributed by atoms with van der Waals surface area (Å²) in [6.45, 7) is 2.52. The number of nitrogens with zero attached hydrogens (tertiary/aromatic N) is 1. The van der Waals surface area contributed by atoms with Crippen LogP contribution in [-0.2, 0) is 0 Å². The zero-order valence-corrected chi connectivity index (χ0v) is 6.99. The highest BCUT2D eigenvalue weighted by atomic mass is 32.2. The minimum Gasteiger partial charge on any atom is -0.302 e. The predicted octanol–water partition coefficient (Wildman–Crippen LogP) is 0.702. The van der Waals surface area contributed by atoms with E-state index in [9.17, 15) is 0 Å². The summed E-state index contributed by atoms with van der Waals surface area (Å²) in [5.41, 5.74) is 0. The first kappa shape index (κ1) is 6.95. The SMILES string of the molecule is C1CNC(N2CCSC2)C1. The van der Waals surface area contributed by atoms with Gasteiger partial charge in [0.25, 0.3) is 0 Å². The standard InChI is InChI=1S/C7H14N2S/c1-2-7(8-3-1)9-4-5-10-6-9/h7-8H,1-6H2. The second kappa shape index (κ2) is 3.11. The lowest BCUT2D eigenvalue weighted by Crippen LogP contribution is -2.39. The zero-order chi connectivity index (χ0) is 6.81. The second-order valence-electron chi connectivity index (χ2n) is 2.96. The third-order valence-electron chi connectivity index (χ3n) is 2.26. The molecule has 0 radical (unpaired) electrons. The van der Waals surface area contributed by atoms with Crippen molar-refractivity contribution < 1.29 is 0 Å². The Labute approximate surface area is 66.4 Å². The highest BCUT2D eigenvalue weighted by molar-refractivity contribution is 7.99. The number of hydrogen-bond donors (Lipinski definition) is 1. The Hall–Kier alpha value is 0.270. The summed E-state index contributed by atoms with van der Waals surface area (Å²) in [6.07, 6.45) is 3.45. The van der Waals surface area contributed by atoms with E-state index in [1.165, 1.54) is 37.6 Å². The molecular formula is C7H14N2S. The van der Waals surface area contributed by atoms with Crippen molar-refractivity contribution in [3.63, 3.8) is 0 Å². The fourth-order valence-electron chi connectivity index (χ4n) is 1.65. The van der Waals surface area contributed by atoms with E-state index in [-0.39, 0.29) is 0 Å². The fourth-order valence-corrected chi connectivity index (χ4v) is 2.69. The smallest absolute Gasteiger partial charge is 0.0605 e. The first-order valence-corrected chi connectivity index (χ1v) is 5.17. The Morgan fingerprint density at radius 2 is 2.50 bits per heavy atom. The summed E-state index contributed by atoms with van der Waals surface area (Å²) in [4.78, 5) is 2.55. The van der Waals surface area contributed by atoms with Gasteiger partial charge in [0.05, 0.1) is 6.17 Å². The predicted molar refractivity (Wildman–Crippen MR) is 45.1 cm³/mol. The first-order valence-electron chi connectivity index (χ1n) is 4.02. The lowest BCUT2D eigenvalue weighted by atomic mass is 10.3. The van der Waals surface area contributed by atoms with Gasteiger partial charge in [-0.2, -0.15) is 0 Å². The molecule has 0 aromatic carbocycles. The molecule has 2 heterocycles. The molecule has 0 aromatic heterocycles. The molecule has 2 fully saturated rings. The lowest BCUT2D eigenvalue weighted by molar-refractivity contribution is 0.238. The molecule has 0 aliphatic carbocycles. The Balaban J connectivity index is 1.85. The molecule has 1 unspecified atom stereocenters. The molecule has 0 aromatic rings. The summed E-state index contributed by atoms with van der Waals surface area (Å²) in [5, 5.41) is 3.51. The zero-order valence-electron chi connectivity index (χ0n) is 6.18. The molecule has 2 aliphatic rings. The van der Waals surface area contributed by atoms with Crippen LogP contribution < -0.4 is 5.32 Å². The maximum Gasteiger partial charge on any atom is 0.0605 e. The van der Waals surface area contributed by atoms with Gasteiger partial charge >= 0.3 is 0 Å². The van der Waals surface area contributed by atoms with Gasteiger partial charge in [0, 0.05) is 18.2 Å². The number of nitrogens with one attached hydrogen (secondary N) is 1. The van der Waals surface area contributed by atoms with Crippen LogP contribution in [0.15, 0.2) is 0 Å². The molecule has 2 saturated heterocycles. The molecule has 58 valence electrons. The van der Waals surface area contributed by atoms with Crippen molar-refractivity contribution in [2.24, 2.45) is 0 Å². The van der Waals surface area contributed by atoms with E-state index in [2.05, 4.69) is 22.0 Å². The van der Waals surface area contributed by atoms with Gasteiger partial charge in [0.15, 0.2) is 0 Å². The van der Waals surface area contributed by atoms with E-state index >= 15 is 0 Å².